The molecule has 0 amide bonds. The number of hydrogen-bond acceptors (Lipinski definition) is 3. The van der Waals surface area contributed by atoms with Crippen molar-refractivity contribution in [2.45, 2.75) is 70.6 Å². The molecule has 0 aliphatic heterocycles. The average Bonchev–Trinajstić information content (AvgIpc) is 2.46. The number of halogens is 2. The fourth-order valence-electron chi connectivity index (χ4n) is 2.25. The van der Waals surface area contributed by atoms with Crippen molar-refractivity contribution in [3.8, 4) is 0 Å². The first kappa shape index (κ1) is 18.5. The molecule has 1 aromatic heterocycles. The van der Waals surface area contributed by atoms with Gasteiger partial charge in [-0.3, -0.25) is 0 Å². The molecule has 0 bridgehead atoms. The third kappa shape index (κ3) is 7.32. The number of hydrogen-bond donors (Lipinski definition) is 1. The number of unbranched alkanes of at least 4 members (excludes halogenated alkanes) is 7. The van der Waals surface area contributed by atoms with Crippen LogP contribution in [0.3, 0.4) is 0 Å². The number of aromatic nitrogens is 2. The molecule has 0 aliphatic carbocycles. The van der Waals surface area contributed by atoms with Gasteiger partial charge in [-0.15, -0.1) is 11.6 Å². The Balaban J connectivity index is 2.17. The van der Waals surface area contributed by atoms with Crippen molar-refractivity contribution in [3.63, 3.8) is 0 Å². The minimum atomic E-state index is -0.204. The van der Waals surface area contributed by atoms with Gasteiger partial charge in [-0.25, -0.2) is 9.97 Å². The SMILES string of the molecule is CCCCCCCCCCNc1ncnc(C(C)Cl)c1Cl. The summed E-state index contributed by atoms with van der Waals surface area (Å²) in [5.41, 5.74) is 0.687. The van der Waals surface area contributed by atoms with Crippen LogP contribution in [0, 0.1) is 0 Å². The first-order valence-corrected chi connectivity index (χ1v) is 8.86. The Kier molecular flexibility index (Phi) is 9.77. The standard InChI is InChI=1S/C16H27Cl2N3/c1-3-4-5-6-7-8-9-10-11-19-16-14(18)15(13(2)17)20-12-21-16/h12-13H,3-11H2,1-2H3,(H,19,20,21). The topological polar surface area (TPSA) is 37.8 Å². The summed E-state index contributed by atoms with van der Waals surface area (Å²) < 4.78 is 0. The van der Waals surface area contributed by atoms with E-state index in [0.29, 0.717) is 16.5 Å². The summed E-state index contributed by atoms with van der Waals surface area (Å²) in [5, 5.41) is 3.61. The molecule has 0 aliphatic rings. The summed E-state index contributed by atoms with van der Waals surface area (Å²) in [7, 11) is 0. The highest BCUT2D eigenvalue weighted by Crippen LogP contribution is 2.29. The number of nitrogens with one attached hydrogen (secondary N) is 1. The van der Waals surface area contributed by atoms with E-state index in [1.807, 2.05) is 6.92 Å². The highest BCUT2D eigenvalue weighted by Gasteiger charge is 2.12. The molecule has 5 heteroatoms. The second-order valence-corrected chi connectivity index (χ2v) is 6.47. The van der Waals surface area contributed by atoms with Gasteiger partial charge in [0.25, 0.3) is 0 Å². The number of rotatable bonds is 11. The van der Waals surface area contributed by atoms with Crippen LogP contribution in [0.2, 0.25) is 5.02 Å². The first-order chi connectivity index (χ1) is 10.2. The first-order valence-electron chi connectivity index (χ1n) is 8.05. The Morgan fingerprint density at radius 1 is 1.05 bits per heavy atom. The van der Waals surface area contributed by atoms with Gasteiger partial charge in [0.2, 0.25) is 0 Å². The molecule has 0 saturated heterocycles. The summed E-state index contributed by atoms with van der Waals surface area (Å²) >= 11 is 12.3. The molecule has 120 valence electrons. The van der Waals surface area contributed by atoms with E-state index in [4.69, 9.17) is 23.2 Å². The van der Waals surface area contributed by atoms with Crippen molar-refractivity contribution in [2.75, 3.05) is 11.9 Å². The summed E-state index contributed by atoms with van der Waals surface area (Å²) in [6.45, 7) is 5.00. The third-order valence-electron chi connectivity index (χ3n) is 3.52. The third-order valence-corrected chi connectivity index (χ3v) is 4.10. The highest BCUT2D eigenvalue weighted by molar-refractivity contribution is 6.34. The Bertz CT molecular complexity index is 397. The zero-order valence-electron chi connectivity index (χ0n) is 13.2. The summed E-state index contributed by atoms with van der Waals surface area (Å²) in [6.07, 6.45) is 12.0. The molecule has 1 heterocycles. The minimum absolute atomic E-state index is 0.204. The van der Waals surface area contributed by atoms with E-state index in [1.54, 1.807) is 0 Å². The van der Waals surface area contributed by atoms with Crippen LogP contribution in [-0.4, -0.2) is 16.5 Å². The molecular weight excluding hydrogens is 305 g/mol. The van der Waals surface area contributed by atoms with E-state index < -0.39 is 0 Å². The Labute approximate surface area is 138 Å². The average molecular weight is 332 g/mol. The van der Waals surface area contributed by atoms with Crippen LogP contribution >= 0.6 is 23.2 Å². The van der Waals surface area contributed by atoms with Gasteiger partial charge in [-0.2, -0.15) is 0 Å². The molecule has 1 atom stereocenters. The predicted octanol–water partition coefficient (Wildman–Crippen LogP) is 5.98. The van der Waals surface area contributed by atoms with Crippen molar-refractivity contribution < 1.29 is 0 Å². The van der Waals surface area contributed by atoms with E-state index in [0.717, 1.165) is 13.0 Å². The number of anilines is 1. The van der Waals surface area contributed by atoms with Gasteiger partial charge in [0.15, 0.2) is 0 Å². The smallest absolute Gasteiger partial charge is 0.148 e. The fourth-order valence-corrected chi connectivity index (χ4v) is 2.80. The molecule has 21 heavy (non-hydrogen) atoms. The fraction of sp³-hybridized carbons (Fsp3) is 0.750. The Hall–Kier alpha value is -0.540. The van der Waals surface area contributed by atoms with Gasteiger partial charge >= 0.3 is 0 Å². The molecule has 0 radical (unpaired) electrons. The lowest BCUT2D eigenvalue weighted by Crippen LogP contribution is -2.06. The zero-order valence-corrected chi connectivity index (χ0v) is 14.7. The lowest BCUT2D eigenvalue weighted by molar-refractivity contribution is 0.581. The predicted molar refractivity (Wildman–Crippen MR) is 92.4 cm³/mol. The van der Waals surface area contributed by atoms with Crippen molar-refractivity contribution in [1.29, 1.82) is 0 Å². The van der Waals surface area contributed by atoms with Gasteiger partial charge in [0.05, 0.1) is 11.1 Å². The highest BCUT2D eigenvalue weighted by atomic mass is 35.5. The van der Waals surface area contributed by atoms with E-state index >= 15 is 0 Å². The quantitative estimate of drug-likeness (QED) is 0.400. The van der Waals surface area contributed by atoms with Crippen molar-refractivity contribution >= 4 is 29.0 Å². The van der Waals surface area contributed by atoms with E-state index in [2.05, 4.69) is 22.2 Å². The molecule has 0 aromatic carbocycles. The molecule has 1 aromatic rings. The number of alkyl halides is 1. The summed E-state index contributed by atoms with van der Waals surface area (Å²) in [4.78, 5) is 8.29. The minimum Gasteiger partial charge on any atom is -0.369 e. The lowest BCUT2D eigenvalue weighted by atomic mass is 10.1. The van der Waals surface area contributed by atoms with Gasteiger partial charge in [-0.1, -0.05) is 63.5 Å². The molecule has 0 spiro atoms. The molecule has 3 nitrogen and oxygen atoms in total. The van der Waals surface area contributed by atoms with Crippen LogP contribution in [0.25, 0.3) is 0 Å². The van der Waals surface area contributed by atoms with Crippen LogP contribution < -0.4 is 5.32 Å². The molecular formula is C16H27Cl2N3. The second kappa shape index (κ2) is 11.1. The molecule has 1 rings (SSSR count). The van der Waals surface area contributed by atoms with E-state index in [9.17, 15) is 0 Å². The Morgan fingerprint density at radius 2 is 1.67 bits per heavy atom. The Morgan fingerprint density at radius 3 is 2.29 bits per heavy atom. The van der Waals surface area contributed by atoms with Crippen LogP contribution in [-0.2, 0) is 0 Å². The molecule has 1 unspecified atom stereocenters. The zero-order chi connectivity index (χ0) is 15.5. The van der Waals surface area contributed by atoms with Crippen LogP contribution in [0.1, 0.15) is 76.3 Å². The maximum atomic E-state index is 6.24. The van der Waals surface area contributed by atoms with Crippen molar-refractivity contribution in [2.24, 2.45) is 0 Å². The lowest BCUT2D eigenvalue weighted by Gasteiger charge is -2.11. The van der Waals surface area contributed by atoms with Crippen LogP contribution in [0.5, 0.6) is 0 Å². The molecule has 0 saturated carbocycles. The van der Waals surface area contributed by atoms with Gasteiger partial charge in [-0.05, 0) is 13.3 Å². The van der Waals surface area contributed by atoms with Gasteiger partial charge in [0, 0.05) is 6.54 Å². The summed E-state index contributed by atoms with van der Waals surface area (Å²) in [5.74, 6) is 0.692. The van der Waals surface area contributed by atoms with Gasteiger partial charge in [0.1, 0.15) is 17.2 Å². The molecule has 1 N–H and O–H groups in total. The monoisotopic (exact) mass is 331 g/mol. The summed E-state index contributed by atoms with van der Waals surface area (Å²) in [6, 6.07) is 0. The van der Waals surface area contributed by atoms with Gasteiger partial charge < -0.3 is 5.32 Å². The normalized spacial score (nSPS) is 12.4. The van der Waals surface area contributed by atoms with Crippen molar-refractivity contribution in [3.05, 3.63) is 17.0 Å². The maximum Gasteiger partial charge on any atom is 0.148 e. The van der Waals surface area contributed by atoms with Crippen molar-refractivity contribution in [1.82, 2.24) is 9.97 Å². The van der Waals surface area contributed by atoms with Crippen LogP contribution in [0.4, 0.5) is 5.82 Å². The van der Waals surface area contributed by atoms with E-state index in [1.165, 1.54) is 51.3 Å². The number of nitrogens with zero attached hydrogens (tertiary/aromatic N) is 2. The second-order valence-electron chi connectivity index (χ2n) is 5.44. The van der Waals surface area contributed by atoms with E-state index in [-0.39, 0.29) is 5.38 Å². The molecule has 0 fully saturated rings. The largest absolute Gasteiger partial charge is 0.369 e. The maximum absolute atomic E-state index is 6.24. The van der Waals surface area contributed by atoms with Crippen LogP contribution in [0.15, 0.2) is 6.33 Å².